The summed E-state index contributed by atoms with van der Waals surface area (Å²) in [5.74, 6) is -0.948. The number of aryl methyl sites for hydroxylation is 2. The van der Waals surface area contributed by atoms with Crippen molar-refractivity contribution in [1.82, 2.24) is 15.2 Å². The van der Waals surface area contributed by atoms with Crippen LogP contribution in [-0.2, 0) is 12.8 Å². The number of aromatic amines is 2. The normalized spacial score (nSPS) is 10.7. The number of rotatable bonds is 4. The number of nitrogens with one attached hydrogen (secondary N) is 2. The second-order valence-electron chi connectivity index (χ2n) is 3.82. The SMILES string of the molecule is CCc1n[nH]c(CC)c1-c1ccc(C(=O)O)[nH]1. The van der Waals surface area contributed by atoms with E-state index in [0.29, 0.717) is 0 Å². The van der Waals surface area contributed by atoms with Crippen LogP contribution in [-0.4, -0.2) is 26.3 Å². The highest BCUT2D eigenvalue weighted by atomic mass is 16.4. The molecule has 0 radical (unpaired) electrons. The summed E-state index contributed by atoms with van der Waals surface area (Å²) in [7, 11) is 0. The van der Waals surface area contributed by atoms with Gasteiger partial charge in [0.15, 0.2) is 0 Å². The third-order valence-corrected chi connectivity index (χ3v) is 2.79. The highest BCUT2D eigenvalue weighted by molar-refractivity contribution is 5.87. The van der Waals surface area contributed by atoms with Gasteiger partial charge in [0.1, 0.15) is 5.69 Å². The van der Waals surface area contributed by atoms with E-state index >= 15 is 0 Å². The van der Waals surface area contributed by atoms with Crippen molar-refractivity contribution in [1.29, 1.82) is 0 Å². The standard InChI is InChI=1S/C12H15N3O2/c1-3-7-11(8(4-2)15-14-7)9-5-6-10(13-9)12(16)17/h5-6,13H,3-4H2,1-2H3,(H,14,15)(H,16,17). The Morgan fingerprint density at radius 1 is 1.35 bits per heavy atom. The lowest BCUT2D eigenvalue weighted by Crippen LogP contribution is -1.96. The second-order valence-corrected chi connectivity index (χ2v) is 3.82. The van der Waals surface area contributed by atoms with Gasteiger partial charge in [0.05, 0.1) is 5.69 Å². The zero-order valence-corrected chi connectivity index (χ0v) is 9.87. The zero-order chi connectivity index (χ0) is 12.4. The topological polar surface area (TPSA) is 81.8 Å². The van der Waals surface area contributed by atoms with E-state index in [4.69, 9.17) is 5.11 Å². The van der Waals surface area contributed by atoms with E-state index in [2.05, 4.69) is 15.2 Å². The van der Waals surface area contributed by atoms with Crippen LogP contribution in [0, 0.1) is 0 Å². The minimum absolute atomic E-state index is 0.199. The van der Waals surface area contributed by atoms with Crippen LogP contribution in [0.1, 0.15) is 35.7 Å². The van der Waals surface area contributed by atoms with Crippen molar-refractivity contribution in [2.45, 2.75) is 26.7 Å². The Morgan fingerprint density at radius 2 is 2.12 bits per heavy atom. The van der Waals surface area contributed by atoms with Gasteiger partial charge in [0.2, 0.25) is 0 Å². The predicted molar refractivity (Wildman–Crippen MR) is 64.1 cm³/mol. The average molecular weight is 233 g/mol. The summed E-state index contributed by atoms with van der Waals surface area (Å²) in [6, 6.07) is 3.36. The number of carbonyl (C=O) groups is 1. The number of nitrogens with zero attached hydrogens (tertiary/aromatic N) is 1. The van der Waals surface area contributed by atoms with Gasteiger partial charge in [-0.3, -0.25) is 5.10 Å². The minimum Gasteiger partial charge on any atom is -0.477 e. The average Bonchev–Trinajstić information content (AvgIpc) is 2.94. The van der Waals surface area contributed by atoms with Gasteiger partial charge in [-0.15, -0.1) is 0 Å². The van der Waals surface area contributed by atoms with Gasteiger partial charge < -0.3 is 10.1 Å². The highest BCUT2D eigenvalue weighted by Gasteiger charge is 2.15. The molecule has 90 valence electrons. The molecule has 0 aliphatic carbocycles. The lowest BCUT2D eigenvalue weighted by molar-refractivity contribution is 0.0691. The van der Waals surface area contributed by atoms with Crippen LogP contribution in [0.15, 0.2) is 12.1 Å². The first-order chi connectivity index (χ1) is 8.17. The largest absolute Gasteiger partial charge is 0.477 e. The Labute approximate surface area is 98.9 Å². The van der Waals surface area contributed by atoms with E-state index in [0.717, 1.165) is 35.5 Å². The molecule has 17 heavy (non-hydrogen) atoms. The van der Waals surface area contributed by atoms with Gasteiger partial charge in [-0.05, 0) is 25.0 Å². The summed E-state index contributed by atoms with van der Waals surface area (Å²) in [5, 5.41) is 16.1. The van der Waals surface area contributed by atoms with Crippen LogP contribution < -0.4 is 0 Å². The fraction of sp³-hybridized carbons (Fsp3) is 0.333. The van der Waals surface area contributed by atoms with Gasteiger partial charge in [-0.25, -0.2) is 4.79 Å². The molecule has 0 aliphatic rings. The van der Waals surface area contributed by atoms with E-state index in [9.17, 15) is 4.79 Å². The maximum atomic E-state index is 10.8. The number of aromatic nitrogens is 3. The minimum atomic E-state index is -0.948. The van der Waals surface area contributed by atoms with Crippen LogP contribution in [0.5, 0.6) is 0 Å². The maximum absolute atomic E-state index is 10.8. The van der Waals surface area contributed by atoms with E-state index in [1.165, 1.54) is 0 Å². The van der Waals surface area contributed by atoms with Crippen molar-refractivity contribution >= 4 is 5.97 Å². The fourth-order valence-electron chi connectivity index (χ4n) is 1.92. The van der Waals surface area contributed by atoms with Crippen LogP contribution in [0.4, 0.5) is 0 Å². The molecule has 0 saturated heterocycles. The summed E-state index contributed by atoms with van der Waals surface area (Å²) in [6.07, 6.45) is 1.65. The van der Waals surface area contributed by atoms with Crippen molar-refractivity contribution in [3.05, 3.63) is 29.2 Å². The number of hydrogen-bond donors (Lipinski definition) is 3. The van der Waals surface area contributed by atoms with Gasteiger partial charge in [0, 0.05) is 17.0 Å². The quantitative estimate of drug-likeness (QED) is 0.757. The fourth-order valence-corrected chi connectivity index (χ4v) is 1.92. The molecule has 2 aromatic heterocycles. The van der Waals surface area contributed by atoms with Gasteiger partial charge >= 0.3 is 5.97 Å². The van der Waals surface area contributed by atoms with Crippen molar-refractivity contribution in [2.24, 2.45) is 0 Å². The van der Waals surface area contributed by atoms with Crippen LogP contribution in [0.3, 0.4) is 0 Å². The van der Waals surface area contributed by atoms with Gasteiger partial charge in [-0.2, -0.15) is 5.10 Å². The first-order valence-corrected chi connectivity index (χ1v) is 5.66. The van der Waals surface area contributed by atoms with Crippen LogP contribution in [0.2, 0.25) is 0 Å². The molecule has 0 spiro atoms. The summed E-state index contributed by atoms with van der Waals surface area (Å²) in [6.45, 7) is 4.07. The first kappa shape index (κ1) is 11.4. The molecule has 0 bridgehead atoms. The van der Waals surface area contributed by atoms with E-state index < -0.39 is 5.97 Å². The van der Waals surface area contributed by atoms with Crippen molar-refractivity contribution < 1.29 is 9.90 Å². The van der Waals surface area contributed by atoms with Crippen molar-refractivity contribution in [3.8, 4) is 11.3 Å². The molecule has 2 heterocycles. The van der Waals surface area contributed by atoms with Crippen LogP contribution >= 0.6 is 0 Å². The smallest absolute Gasteiger partial charge is 0.352 e. The zero-order valence-electron chi connectivity index (χ0n) is 9.87. The van der Waals surface area contributed by atoms with E-state index in [1.54, 1.807) is 12.1 Å². The second kappa shape index (κ2) is 4.45. The van der Waals surface area contributed by atoms with Crippen molar-refractivity contribution in [2.75, 3.05) is 0 Å². The van der Waals surface area contributed by atoms with E-state index in [-0.39, 0.29) is 5.69 Å². The molecule has 0 unspecified atom stereocenters. The molecule has 0 aromatic carbocycles. The summed E-state index contributed by atoms with van der Waals surface area (Å²) >= 11 is 0. The van der Waals surface area contributed by atoms with E-state index in [1.807, 2.05) is 13.8 Å². The molecule has 5 nitrogen and oxygen atoms in total. The molecule has 2 aromatic rings. The third-order valence-electron chi connectivity index (χ3n) is 2.79. The first-order valence-electron chi connectivity index (χ1n) is 5.66. The Morgan fingerprint density at radius 3 is 2.65 bits per heavy atom. The monoisotopic (exact) mass is 233 g/mol. The molecular weight excluding hydrogens is 218 g/mol. The summed E-state index contributed by atoms with van der Waals surface area (Å²) < 4.78 is 0. The molecule has 0 fully saturated rings. The molecule has 5 heteroatoms. The predicted octanol–water partition coefficient (Wildman–Crippen LogP) is 2.23. The molecular formula is C12H15N3O2. The maximum Gasteiger partial charge on any atom is 0.352 e. The lowest BCUT2D eigenvalue weighted by atomic mass is 10.1. The third kappa shape index (κ3) is 1.95. The molecule has 0 aliphatic heterocycles. The molecule has 0 atom stereocenters. The summed E-state index contributed by atoms with van der Waals surface area (Å²) in [5.41, 5.74) is 4.00. The summed E-state index contributed by atoms with van der Waals surface area (Å²) in [4.78, 5) is 13.7. The number of H-pyrrole nitrogens is 2. The number of carboxylic acid groups (broad SMARTS) is 1. The number of hydrogen-bond acceptors (Lipinski definition) is 2. The van der Waals surface area contributed by atoms with Gasteiger partial charge in [-0.1, -0.05) is 13.8 Å². The number of carboxylic acids is 1. The van der Waals surface area contributed by atoms with Crippen molar-refractivity contribution in [3.63, 3.8) is 0 Å². The Balaban J connectivity index is 2.50. The molecule has 0 saturated carbocycles. The lowest BCUT2D eigenvalue weighted by Gasteiger charge is -2.00. The number of aromatic carboxylic acids is 1. The molecule has 2 rings (SSSR count). The van der Waals surface area contributed by atoms with Gasteiger partial charge in [0.25, 0.3) is 0 Å². The van der Waals surface area contributed by atoms with Crippen LogP contribution in [0.25, 0.3) is 11.3 Å². The molecule has 0 amide bonds. The Hall–Kier alpha value is -2.04. The Kier molecular flexibility index (Phi) is 2.99. The highest BCUT2D eigenvalue weighted by Crippen LogP contribution is 2.26. The Bertz CT molecular complexity index is 518. The molecule has 3 N–H and O–H groups in total.